The van der Waals surface area contributed by atoms with Gasteiger partial charge in [0.15, 0.2) is 0 Å². The number of aromatic amines is 1. The Hall–Kier alpha value is -1.65. The number of fused-ring (bicyclic) bond motifs is 1. The van der Waals surface area contributed by atoms with Crippen molar-refractivity contribution in [2.75, 3.05) is 27.2 Å². The van der Waals surface area contributed by atoms with Crippen LogP contribution < -0.4 is 10.9 Å². The highest BCUT2D eigenvalue weighted by Crippen LogP contribution is 2.15. The van der Waals surface area contributed by atoms with E-state index >= 15 is 0 Å². The molecule has 0 unspecified atom stereocenters. The zero-order valence-electron chi connectivity index (χ0n) is 13.4. The van der Waals surface area contributed by atoms with Gasteiger partial charge in [-0.1, -0.05) is 32.0 Å². The van der Waals surface area contributed by atoms with Gasteiger partial charge in [0.2, 0.25) is 0 Å². The number of benzene rings is 1. The van der Waals surface area contributed by atoms with E-state index in [0.29, 0.717) is 6.54 Å². The molecule has 1 aromatic heterocycles. The van der Waals surface area contributed by atoms with Crippen LogP contribution in [0.4, 0.5) is 0 Å². The van der Waals surface area contributed by atoms with E-state index in [1.165, 1.54) is 0 Å². The van der Waals surface area contributed by atoms with E-state index in [0.717, 1.165) is 29.6 Å². The van der Waals surface area contributed by atoms with Crippen LogP contribution in [0.1, 0.15) is 19.4 Å². The monoisotopic (exact) mass is 287 g/mol. The van der Waals surface area contributed by atoms with Gasteiger partial charge >= 0.3 is 0 Å². The highest BCUT2D eigenvalue weighted by atomic mass is 16.1. The zero-order valence-corrected chi connectivity index (χ0v) is 13.4. The van der Waals surface area contributed by atoms with Crippen LogP contribution in [0.3, 0.4) is 0 Å². The first-order valence-electron chi connectivity index (χ1n) is 7.34. The topological polar surface area (TPSA) is 48.1 Å². The van der Waals surface area contributed by atoms with Gasteiger partial charge in [0.25, 0.3) is 5.56 Å². The van der Waals surface area contributed by atoms with Gasteiger partial charge < -0.3 is 15.2 Å². The summed E-state index contributed by atoms with van der Waals surface area (Å²) in [6.45, 7) is 6.93. The van der Waals surface area contributed by atoms with Gasteiger partial charge in [-0.2, -0.15) is 0 Å². The van der Waals surface area contributed by atoms with Gasteiger partial charge in [-0.05, 0) is 37.0 Å². The van der Waals surface area contributed by atoms with E-state index in [1.54, 1.807) is 0 Å². The first-order valence-corrected chi connectivity index (χ1v) is 7.34. The van der Waals surface area contributed by atoms with Gasteiger partial charge in [-0.3, -0.25) is 4.79 Å². The van der Waals surface area contributed by atoms with Crippen LogP contribution in [0.25, 0.3) is 10.9 Å². The Bertz CT molecular complexity index is 658. The molecule has 0 aliphatic rings. The second kappa shape index (κ2) is 6.41. The summed E-state index contributed by atoms with van der Waals surface area (Å²) in [6, 6.07) is 9.83. The molecule has 0 aliphatic carbocycles. The van der Waals surface area contributed by atoms with Gasteiger partial charge in [0.05, 0.1) is 0 Å². The van der Waals surface area contributed by atoms with E-state index in [2.05, 4.69) is 43.1 Å². The average Bonchev–Trinajstić information content (AvgIpc) is 2.37. The van der Waals surface area contributed by atoms with Crippen molar-refractivity contribution in [1.29, 1.82) is 0 Å². The lowest BCUT2D eigenvalue weighted by atomic mass is 9.93. The molecule has 0 amide bonds. The number of para-hydroxylation sites is 1. The van der Waals surface area contributed by atoms with Crippen molar-refractivity contribution in [3.63, 3.8) is 0 Å². The third kappa shape index (κ3) is 4.41. The van der Waals surface area contributed by atoms with E-state index in [9.17, 15) is 4.79 Å². The lowest BCUT2D eigenvalue weighted by molar-refractivity contribution is 0.232. The van der Waals surface area contributed by atoms with E-state index < -0.39 is 0 Å². The first-order chi connectivity index (χ1) is 9.87. The first kappa shape index (κ1) is 15.7. The van der Waals surface area contributed by atoms with Crippen molar-refractivity contribution in [2.45, 2.75) is 20.4 Å². The van der Waals surface area contributed by atoms with Gasteiger partial charge in [0, 0.05) is 30.7 Å². The third-order valence-corrected chi connectivity index (χ3v) is 3.49. The molecule has 0 radical (unpaired) electrons. The summed E-state index contributed by atoms with van der Waals surface area (Å²) in [6.07, 6.45) is 0. The molecule has 21 heavy (non-hydrogen) atoms. The Morgan fingerprint density at radius 1 is 1.24 bits per heavy atom. The van der Waals surface area contributed by atoms with Crippen LogP contribution in [0, 0.1) is 5.41 Å². The largest absolute Gasteiger partial charge is 0.322 e. The molecule has 4 nitrogen and oxygen atoms in total. The van der Waals surface area contributed by atoms with Crippen LogP contribution in [-0.4, -0.2) is 37.1 Å². The molecule has 2 rings (SSSR count). The molecular weight excluding hydrogens is 262 g/mol. The van der Waals surface area contributed by atoms with Crippen molar-refractivity contribution < 1.29 is 0 Å². The number of rotatable bonds is 6. The van der Waals surface area contributed by atoms with Gasteiger partial charge in [0.1, 0.15) is 0 Å². The van der Waals surface area contributed by atoms with E-state index in [-0.39, 0.29) is 11.0 Å². The standard InChI is InChI=1S/C17H25N3O/c1-17(2,12-20(3)4)11-18-10-14-9-13-7-5-6-8-15(13)19-16(14)21/h5-9,18H,10-12H2,1-4H3,(H,19,21). The molecule has 0 saturated carbocycles. The van der Waals surface area contributed by atoms with Gasteiger partial charge in [-0.15, -0.1) is 0 Å². The fourth-order valence-electron chi connectivity index (χ4n) is 2.77. The number of nitrogens with one attached hydrogen (secondary N) is 2. The molecule has 1 aromatic carbocycles. The van der Waals surface area contributed by atoms with Crippen molar-refractivity contribution in [2.24, 2.45) is 5.41 Å². The summed E-state index contributed by atoms with van der Waals surface area (Å²) in [7, 11) is 4.16. The second-order valence-corrected chi connectivity index (χ2v) is 6.72. The maximum absolute atomic E-state index is 12.1. The Morgan fingerprint density at radius 2 is 1.95 bits per heavy atom. The predicted octanol–water partition coefficient (Wildman–Crippen LogP) is 2.21. The number of aromatic nitrogens is 1. The molecule has 0 saturated heterocycles. The minimum atomic E-state index is -0.00776. The zero-order chi connectivity index (χ0) is 15.5. The molecular formula is C17H25N3O. The van der Waals surface area contributed by atoms with Crippen LogP contribution in [0.15, 0.2) is 35.1 Å². The van der Waals surface area contributed by atoms with Crippen molar-refractivity contribution >= 4 is 10.9 Å². The molecule has 0 atom stereocenters. The van der Waals surface area contributed by atoms with E-state index in [1.807, 2.05) is 30.3 Å². The van der Waals surface area contributed by atoms with Crippen molar-refractivity contribution in [1.82, 2.24) is 15.2 Å². The minimum absolute atomic E-state index is 0.00776. The van der Waals surface area contributed by atoms with Crippen LogP contribution in [0.5, 0.6) is 0 Å². The van der Waals surface area contributed by atoms with Crippen LogP contribution in [-0.2, 0) is 6.54 Å². The number of hydrogen-bond donors (Lipinski definition) is 2. The number of pyridine rings is 1. The summed E-state index contributed by atoms with van der Waals surface area (Å²) < 4.78 is 0. The quantitative estimate of drug-likeness (QED) is 0.856. The predicted molar refractivity (Wildman–Crippen MR) is 88.6 cm³/mol. The maximum atomic E-state index is 12.1. The fraction of sp³-hybridized carbons (Fsp3) is 0.471. The van der Waals surface area contributed by atoms with Crippen LogP contribution >= 0.6 is 0 Å². The lowest BCUT2D eigenvalue weighted by Crippen LogP contribution is -2.38. The lowest BCUT2D eigenvalue weighted by Gasteiger charge is -2.28. The number of nitrogens with zero attached hydrogens (tertiary/aromatic N) is 1. The maximum Gasteiger partial charge on any atom is 0.252 e. The Balaban J connectivity index is 2.04. The molecule has 4 heteroatoms. The van der Waals surface area contributed by atoms with Crippen LogP contribution in [0.2, 0.25) is 0 Å². The Kier molecular flexibility index (Phi) is 4.80. The summed E-state index contributed by atoms with van der Waals surface area (Å²) >= 11 is 0. The molecule has 2 N–H and O–H groups in total. The van der Waals surface area contributed by atoms with Crippen molar-refractivity contribution in [3.8, 4) is 0 Å². The minimum Gasteiger partial charge on any atom is -0.322 e. The summed E-state index contributed by atoms with van der Waals surface area (Å²) in [5.74, 6) is 0. The molecule has 0 spiro atoms. The normalized spacial score (nSPS) is 12.2. The number of H-pyrrole nitrogens is 1. The molecule has 0 aliphatic heterocycles. The third-order valence-electron chi connectivity index (χ3n) is 3.49. The molecule has 0 bridgehead atoms. The van der Waals surface area contributed by atoms with E-state index in [4.69, 9.17) is 0 Å². The fourth-order valence-corrected chi connectivity index (χ4v) is 2.77. The SMILES string of the molecule is CN(C)CC(C)(C)CNCc1cc2ccccc2[nH]c1=O. The van der Waals surface area contributed by atoms with Crippen molar-refractivity contribution in [3.05, 3.63) is 46.2 Å². The molecule has 114 valence electrons. The second-order valence-electron chi connectivity index (χ2n) is 6.72. The highest BCUT2D eigenvalue weighted by Gasteiger charge is 2.18. The highest BCUT2D eigenvalue weighted by molar-refractivity contribution is 5.78. The summed E-state index contributed by atoms with van der Waals surface area (Å²) in [4.78, 5) is 17.2. The molecule has 2 aromatic rings. The summed E-state index contributed by atoms with van der Waals surface area (Å²) in [5.41, 5.74) is 1.84. The molecule has 1 heterocycles. The summed E-state index contributed by atoms with van der Waals surface area (Å²) in [5, 5.41) is 4.48. The number of hydrogen-bond acceptors (Lipinski definition) is 3. The average molecular weight is 287 g/mol. The van der Waals surface area contributed by atoms with Gasteiger partial charge in [-0.25, -0.2) is 0 Å². The Morgan fingerprint density at radius 3 is 2.67 bits per heavy atom. The Labute approximate surface area is 126 Å². The smallest absolute Gasteiger partial charge is 0.252 e. The molecule has 0 fully saturated rings.